The molecule has 20 heavy (non-hydrogen) atoms. The fourth-order valence-corrected chi connectivity index (χ4v) is 1.96. The van der Waals surface area contributed by atoms with E-state index in [4.69, 9.17) is 9.84 Å². The Morgan fingerprint density at radius 2 is 2.00 bits per heavy atom. The first-order chi connectivity index (χ1) is 9.47. The van der Waals surface area contributed by atoms with Gasteiger partial charge in [0.2, 0.25) is 5.91 Å². The standard InChI is InChI=1S/C15H21NO4/c1-11(10-20-3)16(2)14(17)9-8-12-6-4-5-7-13(12)15(18)19/h4-7,11H,8-10H2,1-3H3,(H,18,19). The molecule has 0 radical (unpaired) electrons. The van der Waals surface area contributed by atoms with E-state index in [1.54, 1.807) is 43.3 Å². The number of carbonyl (C=O) groups excluding carboxylic acids is 1. The first-order valence-electron chi connectivity index (χ1n) is 6.53. The second kappa shape index (κ2) is 7.65. The molecule has 5 heteroatoms. The molecule has 1 aromatic carbocycles. The molecule has 0 aromatic heterocycles. The number of hydrogen-bond donors (Lipinski definition) is 1. The van der Waals surface area contributed by atoms with Crippen LogP contribution in [0, 0.1) is 0 Å². The predicted octanol–water partition coefficient (Wildman–Crippen LogP) is 1.81. The number of nitrogens with zero attached hydrogens (tertiary/aromatic N) is 1. The van der Waals surface area contributed by atoms with E-state index in [-0.39, 0.29) is 23.9 Å². The zero-order valence-corrected chi connectivity index (χ0v) is 12.1. The highest BCUT2D eigenvalue weighted by Gasteiger charge is 2.16. The summed E-state index contributed by atoms with van der Waals surface area (Å²) in [6, 6.07) is 6.77. The van der Waals surface area contributed by atoms with Gasteiger partial charge in [0.1, 0.15) is 0 Å². The molecule has 0 aliphatic carbocycles. The zero-order chi connectivity index (χ0) is 15.1. The van der Waals surface area contributed by atoms with Crippen molar-refractivity contribution in [2.45, 2.75) is 25.8 Å². The molecule has 0 saturated heterocycles. The van der Waals surface area contributed by atoms with E-state index in [1.165, 1.54) is 0 Å². The van der Waals surface area contributed by atoms with Gasteiger partial charge in [-0.1, -0.05) is 18.2 Å². The maximum absolute atomic E-state index is 12.0. The van der Waals surface area contributed by atoms with Gasteiger partial charge in [-0.15, -0.1) is 0 Å². The maximum atomic E-state index is 12.0. The van der Waals surface area contributed by atoms with Gasteiger partial charge >= 0.3 is 5.97 Å². The molecule has 0 spiro atoms. The summed E-state index contributed by atoms with van der Waals surface area (Å²) in [7, 11) is 3.33. The van der Waals surface area contributed by atoms with Gasteiger partial charge in [0.05, 0.1) is 18.2 Å². The van der Waals surface area contributed by atoms with Gasteiger partial charge in [0.15, 0.2) is 0 Å². The summed E-state index contributed by atoms with van der Waals surface area (Å²) in [6.45, 7) is 2.39. The number of hydrogen-bond acceptors (Lipinski definition) is 3. The van der Waals surface area contributed by atoms with Crippen molar-refractivity contribution in [3.05, 3.63) is 35.4 Å². The van der Waals surface area contributed by atoms with Crippen molar-refractivity contribution < 1.29 is 19.4 Å². The third kappa shape index (κ3) is 4.35. The first kappa shape index (κ1) is 16.2. The average Bonchev–Trinajstić information content (AvgIpc) is 2.44. The van der Waals surface area contributed by atoms with E-state index < -0.39 is 5.97 Å². The van der Waals surface area contributed by atoms with Crippen LogP contribution in [0.25, 0.3) is 0 Å². The lowest BCUT2D eigenvalue weighted by Gasteiger charge is -2.24. The van der Waals surface area contributed by atoms with Crippen LogP contribution in [-0.4, -0.2) is 48.7 Å². The molecule has 0 aliphatic rings. The van der Waals surface area contributed by atoms with E-state index in [0.29, 0.717) is 18.6 Å². The molecular weight excluding hydrogens is 258 g/mol. The summed E-state index contributed by atoms with van der Waals surface area (Å²) in [5.74, 6) is -0.983. The SMILES string of the molecule is COCC(C)N(C)C(=O)CCc1ccccc1C(=O)O. The largest absolute Gasteiger partial charge is 0.478 e. The Bertz CT molecular complexity index is 473. The predicted molar refractivity (Wildman–Crippen MR) is 75.8 cm³/mol. The van der Waals surface area contributed by atoms with Crippen LogP contribution < -0.4 is 0 Å². The number of rotatable bonds is 7. The fourth-order valence-electron chi connectivity index (χ4n) is 1.96. The van der Waals surface area contributed by atoms with Gasteiger partial charge < -0.3 is 14.7 Å². The quantitative estimate of drug-likeness (QED) is 0.826. The Balaban J connectivity index is 2.63. The lowest BCUT2D eigenvalue weighted by molar-refractivity contribution is -0.132. The van der Waals surface area contributed by atoms with Crippen LogP contribution in [0.4, 0.5) is 0 Å². The van der Waals surface area contributed by atoms with Gasteiger partial charge in [-0.25, -0.2) is 4.79 Å². The number of aryl methyl sites for hydroxylation is 1. The Morgan fingerprint density at radius 1 is 1.35 bits per heavy atom. The van der Waals surface area contributed by atoms with Crippen molar-refractivity contribution in [3.8, 4) is 0 Å². The summed E-state index contributed by atoms with van der Waals surface area (Å²) in [5.41, 5.74) is 0.939. The molecule has 5 nitrogen and oxygen atoms in total. The number of benzene rings is 1. The van der Waals surface area contributed by atoms with Crippen molar-refractivity contribution in [1.82, 2.24) is 4.90 Å². The first-order valence-corrected chi connectivity index (χ1v) is 6.53. The molecule has 0 saturated carbocycles. The van der Waals surface area contributed by atoms with E-state index in [2.05, 4.69) is 0 Å². The molecule has 1 amide bonds. The molecule has 1 rings (SSSR count). The number of likely N-dealkylation sites (N-methyl/N-ethyl adjacent to an activating group) is 1. The Hall–Kier alpha value is -1.88. The second-order valence-corrected chi connectivity index (χ2v) is 4.77. The molecular formula is C15H21NO4. The summed E-state index contributed by atoms with van der Waals surface area (Å²) in [6.07, 6.45) is 0.709. The molecule has 0 heterocycles. The molecule has 1 aromatic rings. The van der Waals surface area contributed by atoms with Crippen LogP contribution in [0.15, 0.2) is 24.3 Å². The minimum atomic E-state index is -0.964. The van der Waals surface area contributed by atoms with Gasteiger partial charge in [-0.2, -0.15) is 0 Å². The number of carbonyl (C=O) groups is 2. The fraction of sp³-hybridized carbons (Fsp3) is 0.467. The molecule has 1 unspecified atom stereocenters. The van der Waals surface area contributed by atoms with Crippen LogP contribution in [0.5, 0.6) is 0 Å². The van der Waals surface area contributed by atoms with E-state index in [1.807, 2.05) is 6.92 Å². The number of aromatic carboxylic acids is 1. The van der Waals surface area contributed by atoms with Gasteiger partial charge in [-0.3, -0.25) is 4.79 Å². The maximum Gasteiger partial charge on any atom is 0.335 e. The van der Waals surface area contributed by atoms with E-state index in [9.17, 15) is 9.59 Å². The number of amides is 1. The minimum Gasteiger partial charge on any atom is -0.478 e. The molecule has 1 N–H and O–H groups in total. The molecule has 1 atom stereocenters. The molecule has 0 bridgehead atoms. The van der Waals surface area contributed by atoms with Gasteiger partial charge in [0, 0.05) is 20.6 Å². The molecule has 110 valence electrons. The molecule has 0 fully saturated rings. The summed E-state index contributed by atoms with van der Waals surface area (Å²) < 4.78 is 5.02. The van der Waals surface area contributed by atoms with Crippen LogP contribution >= 0.6 is 0 Å². The highest BCUT2D eigenvalue weighted by Crippen LogP contribution is 2.12. The van der Waals surface area contributed by atoms with E-state index in [0.717, 1.165) is 0 Å². The van der Waals surface area contributed by atoms with Crippen molar-refractivity contribution in [2.24, 2.45) is 0 Å². The summed E-state index contributed by atoms with van der Waals surface area (Å²) in [4.78, 5) is 24.8. The van der Waals surface area contributed by atoms with Crippen molar-refractivity contribution in [2.75, 3.05) is 20.8 Å². The smallest absolute Gasteiger partial charge is 0.335 e. The number of carboxylic acid groups (broad SMARTS) is 1. The van der Waals surface area contributed by atoms with Crippen molar-refractivity contribution in [3.63, 3.8) is 0 Å². The Labute approximate surface area is 119 Å². The number of methoxy groups -OCH3 is 1. The Morgan fingerprint density at radius 3 is 2.60 bits per heavy atom. The van der Waals surface area contributed by atoms with Crippen LogP contribution in [0.2, 0.25) is 0 Å². The van der Waals surface area contributed by atoms with Gasteiger partial charge in [-0.05, 0) is 25.0 Å². The highest BCUT2D eigenvalue weighted by molar-refractivity contribution is 5.89. The van der Waals surface area contributed by atoms with Gasteiger partial charge in [0.25, 0.3) is 0 Å². The normalized spacial score (nSPS) is 11.9. The third-order valence-corrected chi connectivity index (χ3v) is 3.32. The summed E-state index contributed by atoms with van der Waals surface area (Å²) >= 11 is 0. The average molecular weight is 279 g/mol. The van der Waals surface area contributed by atoms with Crippen molar-refractivity contribution >= 4 is 11.9 Å². The van der Waals surface area contributed by atoms with E-state index >= 15 is 0 Å². The monoisotopic (exact) mass is 279 g/mol. The third-order valence-electron chi connectivity index (χ3n) is 3.32. The van der Waals surface area contributed by atoms with Crippen LogP contribution in [0.1, 0.15) is 29.3 Å². The van der Waals surface area contributed by atoms with Crippen molar-refractivity contribution in [1.29, 1.82) is 0 Å². The molecule has 0 aliphatic heterocycles. The Kier molecular flexibility index (Phi) is 6.18. The lowest BCUT2D eigenvalue weighted by atomic mass is 10.0. The number of carboxylic acids is 1. The van der Waals surface area contributed by atoms with Crippen LogP contribution in [0.3, 0.4) is 0 Å². The second-order valence-electron chi connectivity index (χ2n) is 4.77. The number of ether oxygens (including phenoxy) is 1. The highest BCUT2D eigenvalue weighted by atomic mass is 16.5. The lowest BCUT2D eigenvalue weighted by Crippen LogP contribution is -2.37. The topological polar surface area (TPSA) is 66.8 Å². The minimum absolute atomic E-state index is 0.00205. The summed E-state index contributed by atoms with van der Waals surface area (Å²) in [5, 5.41) is 9.09. The van der Waals surface area contributed by atoms with Crippen LogP contribution in [-0.2, 0) is 16.0 Å². The zero-order valence-electron chi connectivity index (χ0n) is 12.1.